The van der Waals surface area contributed by atoms with Crippen molar-refractivity contribution in [1.29, 1.82) is 5.26 Å². The molecule has 20 heavy (non-hydrogen) atoms. The third-order valence-electron chi connectivity index (χ3n) is 2.81. The summed E-state index contributed by atoms with van der Waals surface area (Å²) in [5.41, 5.74) is 2.10. The summed E-state index contributed by atoms with van der Waals surface area (Å²) in [5.74, 6) is 1.40. The van der Waals surface area contributed by atoms with Crippen LogP contribution in [-0.4, -0.2) is 23.6 Å². The number of nitriles is 1. The summed E-state index contributed by atoms with van der Waals surface area (Å²) in [7, 11) is 1.82. The first-order valence-electron chi connectivity index (χ1n) is 6.03. The van der Waals surface area contributed by atoms with Gasteiger partial charge in [0, 0.05) is 23.3 Å². The number of rotatable bonds is 4. The number of hydrogen-bond donors (Lipinski definition) is 1. The van der Waals surface area contributed by atoms with Crippen molar-refractivity contribution in [2.45, 2.75) is 6.92 Å². The molecule has 0 spiro atoms. The van der Waals surface area contributed by atoms with Crippen LogP contribution < -0.4 is 10.2 Å². The second-order valence-corrected chi connectivity index (χ2v) is 5.28. The maximum absolute atomic E-state index is 8.71. The van der Waals surface area contributed by atoms with E-state index in [9.17, 15) is 0 Å². The first-order valence-corrected chi connectivity index (χ1v) is 6.83. The highest BCUT2D eigenvalue weighted by atomic mass is 79.9. The minimum absolute atomic E-state index is 0.284. The fourth-order valence-corrected chi connectivity index (χ4v) is 2.04. The molecule has 0 radical (unpaired) electrons. The van der Waals surface area contributed by atoms with Gasteiger partial charge in [-0.2, -0.15) is 5.26 Å². The van der Waals surface area contributed by atoms with Crippen molar-refractivity contribution < 1.29 is 0 Å². The highest BCUT2D eigenvalue weighted by Gasteiger charge is 2.05. The van der Waals surface area contributed by atoms with Crippen molar-refractivity contribution in [2.24, 2.45) is 0 Å². The van der Waals surface area contributed by atoms with Gasteiger partial charge in [-0.1, -0.05) is 22.0 Å². The quantitative estimate of drug-likeness (QED) is 0.871. The molecule has 2 rings (SSSR count). The number of aromatic nitrogens is 2. The van der Waals surface area contributed by atoms with Crippen LogP contribution in [-0.2, 0) is 0 Å². The molecule has 1 aromatic carbocycles. The van der Waals surface area contributed by atoms with Gasteiger partial charge in [0.05, 0.1) is 6.07 Å². The lowest BCUT2D eigenvalue weighted by molar-refractivity contribution is 0.981. The fraction of sp³-hybridized carbons (Fsp3) is 0.214. The highest BCUT2D eigenvalue weighted by molar-refractivity contribution is 9.10. The van der Waals surface area contributed by atoms with Gasteiger partial charge in [0.1, 0.15) is 24.5 Å². The topological polar surface area (TPSA) is 64.8 Å². The SMILES string of the molecule is Cc1ccc(Br)cc1Nc1cc(N(C)CC#N)ncn1. The molecule has 0 saturated carbocycles. The van der Waals surface area contributed by atoms with Gasteiger partial charge in [0.2, 0.25) is 0 Å². The number of nitrogens with one attached hydrogen (secondary N) is 1. The van der Waals surface area contributed by atoms with Gasteiger partial charge in [0.15, 0.2) is 0 Å². The largest absolute Gasteiger partial charge is 0.346 e. The minimum Gasteiger partial charge on any atom is -0.346 e. The van der Waals surface area contributed by atoms with Crippen LogP contribution in [0.25, 0.3) is 0 Å². The zero-order valence-corrected chi connectivity index (χ0v) is 12.8. The maximum atomic E-state index is 8.71. The summed E-state index contributed by atoms with van der Waals surface area (Å²) in [6.07, 6.45) is 1.48. The lowest BCUT2D eigenvalue weighted by Crippen LogP contribution is -2.18. The molecule has 0 saturated heterocycles. The zero-order chi connectivity index (χ0) is 14.5. The molecule has 0 fully saturated rings. The predicted octanol–water partition coefficient (Wildman–Crippen LogP) is 3.25. The molecule has 5 nitrogen and oxygen atoms in total. The number of aryl methyl sites for hydroxylation is 1. The second kappa shape index (κ2) is 6.35. The van der Waals surface area contributed by atoms with E-state index in [0.717, 1.165) is 15.7 Å². The molecule has 1 heterocycles. The van der Waals surface area contributed by atoms with E-state index in [2.05, 4.69) is 37.3 Å². The third kappa shape index (κ3) is 3.45. The van der Waals surface area contributed by atoms with Gasteiger partial charge < -0.3 is 10.2 Å². The van der Waals surface area contributed by atoms with Crippen molar-refractivity contribution in [1.82, 2.24) is 9.97 Å². The molecule has 0 atom stereocenters. The Hall–Kier alpha value is -2.13. The average Bonchev–Trinajstić information content (AvgIpc) is 2.43. The molecule has 1 aromatic heterocycles. The van der Waals surface area contributed by atoms with Crippen LogP contribution in [0.1, 0.15) is 5.56 Å². The van der Waals surface area contributed by atoms with E-state index in [0.29, 0.717) is 11.6 Å². The first-order chi connectivity index (χ1) is 9.60. The summed E-state index contributed by atoms with van der Waals surface area (Å²) in [6, 6.07) is 9.92. The molecule has 0 unspecified atom stereocenters. The van der Waals surface area contributed by atoms with E-state index in [1.165, 1.54) is 6.33 Å². The number of anilines is 3. The summed E-state index contributed by atoms with van der Waals surface area (Å²) in [6.45, 7) is 2.31. The van der Waals surface area contributed by atoms with Crippen LogP contribution in [0.3, 0.4) is 0 Å². The van der Waals surface area contributed by atoms with E-state index in [4.69, 9.17) is 5.26 Å². The number of nitrogens with zero attached hydrogens (tertiary/aromatic N) is 4. The van der Waals surface area contributed by atoms with Crippen molar-refractivity contribution in [2.75, 3.05) is 23.8 Å². The van der Waals surface area contributed by atoms with E-state index in [1.54, 1.807) is 4.90 Å². The van der Waals surface area contributed by atoms with Gasteiger partial charge in [-0.3, -0.25) is 0 Å². The highest BCUT2D eigenvalue weighted by Crippen LogP contribution is 2.24. The van der Waals surface area contributed by atoms with E-state index in [1.807, 2.05) is 38.2 Å². The second-order valence-electron chi connectivity index (χ2n) is 4.36. The van der Waals surface area contributed by atoms with Gasteiger partial charge in [0.25, 0.3) is 0 Å². The summed E-state index contributed by atoms with van der Waals surface area (Å²) < 4.78 is 1.00. The molecule has 102 valence electrons. The van der Waals surface area contributed by atoms with Crippen LogP contribution in [0.5, 0.6) is 0 Å². The summed E-state index contributed by atoms with van der Waals surface area (Å²) in [4.78, 5) is 10.1. The van der Waals surface area contributed by atoms with Crippen molar-refractivity contribution in [3.05, 3.63) is 40.6 Å². The molecule has 1 N–H and O–H groups in total. The number of halogens is 1. The molecule has 0 aliphatic carbocycles. The Morgan fingerprint density at radius 2 is 2.15 bits per heavy atom. The van der Waals surface area contributed by atoms with Crippen LogP contribution in [0, 0.1) is 18.3 Å². The molecular weight excluding hydrogens is 318 g/mol. The Bertz CT molecular complexity index is 650. The Kier molecular flexibility index (Phi) is 4.53. The number of benzene rings is 1. The molecule has 2 aromatic rings. The Morgan fingerprint density at radius 1 is 1.35 bits per heavy atom. The van der Waals surface area contributed by atoms with Crippen molar-refractivity contribution in [3.8, 4) is 6.07 Å². The average molecular weight is 332 g/mol. The maximum Gasteiger partial charge on any atom is 0.135 e. The monoisotopic (exact) mass is 331 g/mol. The molecule has 0 bridgehead atoms. The van der Waals surface area contributed by atoms with Gasteiger partial charge in [-0.25, -0.2) is 9.97 Å². The van der Waals surface area contributed by atoms with Crippen LogP contribution >= 0.6 is 15.9 Å². The molecule has 6 heteroatoms. The third-order valence-corrected chi connectivity index (χ3v) is 3.31. The standard InChI is InChI=1S/C14H14BrN5/c1-10-3-4-11(15)7-12(10)19-13-8-14(18-9-17-13)20(2)6-5-16/h3-4,7-9H,6H2,1-2H3,(H,17,18,19). The Labute approximate surface area is 126 Å². The van der Waals surface area contributed by atoms with Crippen LogP contribution in [0.4, 0.5) is 17.3 Å². The van der Waals surface area contributed by atoms with Crippen LogP contribution in [0.2, 0.25) is 0 Å². The Morgan fingerprint density at radius 3 is 2.90 bits per heavy atom. The van der Waals surface area contributed by atoms with Gasteiger partial charge >= 0.3 is 0 Å². The van der Waals surface area contributed by atoms with E-state index in [-0.39, 0.29) is 6.54 Å². The van der Waals surface area contributed by atoms with Crippen molar-refractivity contribution in [3.63, 3.8) is 0 Å². The molecule has 0 amide bonds. The first kappa shape index (κ1) is 14.3. The van der Waals surface area contributed by atoms with E-state index >= 15 is 0 Å². The molecule has 0 aliphatic heterocycles. The molecule has 0 aliphatic rings. The van der Waals surface area contributed by atoms with Gasteiger partial charge in [-0.15, -0.1) is 0 Å². The predicted molar refractivity (Wildman–Crippen MR) is 83.1 cm³/mol. The normalized spacial score (nSPS) is 9.90. The number of hydrogen-bond acceptors (Lipinski definition) is 5. The Balaban J connectivity index is 2.24. The molecular formula is C14H14BrN5. The summed E-state index contributed by atoms with van der Waals surface area (Å²) in [5, 5.41) is 12.0. The van der Waals surface area contributed by atoms with Crippen molar-refractivity contribution >= 4 is 33.3 Å². The lowest BCUT2D eigenvalue weighted by atomic mass is 10.2. The fourth-order valence-electron chi connectivity index (χ4n) is 1.68. The van der Waals surface area contributed by atoms with E-state index < -0.39 is 0 Å². The zero-order valence-electron chi connectivity index (χ0n) is 11.3. The lowest BCUT2D eigenvalue weighted by Gasteiger charge is -2.15. The minimum atomic E-state index is 0.284. The summed E-state index contributed by atoms with van der Waals surface area (Å²) >= 11 is 3.45. The van der Waals surface area contributed by atoms with Gasteiger partial charge in [-0.05, 0) is 24.6 Å². The van der Waals surface area contributed by atoms with Crippen LogP contribution in [0.15, 0.2) is 35.1 Å². The smallest absolute Gasteiger partial charge is 0.135 e.